The molecule has 1 aliphatic rings. The standard InChI is InChI=1S/C11H21F2NO5S2/c1-8-6-5-7-9(2)14(8)20(15,16)11(12,13)10(3,4)21(17,18)19/h8-9H,5-7H2,1-4H3,(H,17,18,19). The number of rotatable bonds is 4. The summed E-state index contributed by atoms with van der Waals surface area (Å²) < 4.78 is 82.4. The zero-order valence-electron chi connectivity index (χ0n) is 12.4. The van der Waals surface area contributed by atoms with E-state index in [0.29, 0.717) is 37.4 Å². The summed E-state index contributed by atoms with van der Waals surface area (Å²) >= 11 is 0. The molecule has 2 unspecified atom stereocenters. The van der Waals surface area contributed by atoms with Crippen molar-refractivity contribution in [1.82, 2.24) is 4.31 Å². The first-order valence-electron chi connectivity index (χ1n) is 6.56. The van der Waals surface area contributed by atoms with Crippen molar-refractivity contribution in [2.75, 3.05) is 0 Å². The van der Waals surface area contributed by atoms with E-state index in [1.807, 2.05) is 0 Å². The Morgan fingerprint density at radius 1 is 1.05 bits per heavy atom. The molecule has 1 N–H and O–H groups in total. The quantitative estimate of drug-likeness (QED) is 0.782. The molecule has 126 valence electrons. The number of nitrogens with zero attached hydrogens (tertiary/aromatic N) is 1. The van der Waals surface area contributed by atoms with Crippen LogP contribution in [0.3, 0.4) is 0 Å². The summed E-state index contributed by atoms with van der Waals surface area (Å²) in [6.45, 7) is 4.01. The van der Waals surface area contributed by atoms with E-state index >= 15 is 0 Å². The molecule has 0 bridgehead atoms. The number of alkyl halides is 2. The van der Waals surface area contributed by atoms with Crippen molar-refractivity contribution in [3.8, 4) is 0 Å². The fraction of sp³-hybridized carbons (Fsp3) is 1.00. The van der Waals surface area contributed by atoms with Crippen molar-refractivity contribution in [3.63, 3.8) is 0 Å². The maximum absolute atomic E-state index is 14.4. The molecule has 21 heavy (non-hydrogen) atoms. The van der Waals surface area contributed by atoms with Gasteiger partial charge in [-0.3, -0.25) is 4.55 Å². The minimum atomic E-state index is -5.27. The smallest absolute Gasteiger partial charge is 0.285 e. The van der Waals surface area contributed by atoms with Crippen LogP contribution in [0.5, 0.6) is 0 Å². The highest BCUT2D eigenvalue weighted by molar-refractivity contribution is 7.93. The zero-order valence-corrected chi connectivity index (χ0v) is 14.0. The van der Waals surface area contributed by atoms with E-state index in [2.05, 4.69) is 0 Å². The molecule has 0 spiro atoms. The predicted molar refractivity (Wildman–Crippen MR) is 74.1 cm³/mol. The number of halogens is 2. The Bertz CT molecular complexity index is 590. The summed E-state index contributed by atoms with van der Waals surface area (Å²) in [6.07, 6.45) is 1.56. The summed E-state index contributed by atoms with van der Waals surface area (Å²) in [7, 11) is -10.5. The third-order valence-electron chi connectivity index (χ3n) is 4.06. The molecule has 0 aliphatic carbocycles. The van der Waals surface area contributed by atoms with Crippen molar-refractivity contribution in [2.24, 2.45) is 0 Å². The van der Waals surface area contributed by atoms with Gasteiger partial charge in [-0.1, -0.05) is 6.42 Å². The summed E-state index contributed by atoms with van der Waals surface area (Å²) in [5.41, 5.74) is 0. The lowest BCUT2D eigenvalue weighted by molar-refractivity contribution is 0.0376. The molecule has 0 radical (unpaired) electrons. The number of piperidine rings is 1. The zero-order chi connectivity index (χ0) is 16.9. The SMILES string of the molecule is CC1CCCC(C)N1S(=O)(=O)C(F)(F)C(C)(C)S(=O)(=O)O. The van der Waals surface area contributed by atoms with E-state index in [0.717, 1.165) is 0 Å². The van der Waals surface area contributed by atoms with Crippen LogP contribution in [0.1, 0.15) is 47.0 Å². The van der Waals surface area contributed by atoms with Crippen LogP contribution in [-0.2, 0) is 20.1 Å². The molecule has 1 fully saturated rings. The van der Waals surface area contributed by atoms with E-state index in [4.69, 9.17) is 4.55 Å². The van der Waals surface area contributed by atoms with E-state index in [9.17, 15) is 25.6 Å². The first-order chi connectivity index (χ1) is 9.18. The Kier molecular flexibility index (Phi) is 4.81. The predicted octanol–water partition coefficient (Wildman–Crippen LogP) is 1.84. The van der Waals surface area contributed by atoms with Gasteiger partial charge in [0.2, 0.25) is 0 Å². The van der Waals surface area contributed by atoms with Crippen LogP contribution >= 0.6 is 0 Å². The maximum Gasteiger partial charge on any atom is 0.380 e. The lowest BCUT2D eigenvalue weighted by Gasteiger charge is -2.42. The third kappa shape index (κ3) is 2.82. The molecule has 6 nitrogen and oxygen atoms in total. The summed E-state index contributed by atoms with van der Waals surface area (Å²) in [4.78, 5) is 0. The van der Waals surface area contributed by atoms with Crippen LogP contribution in [0, 0.1) is 0 Å². The van der Waals surface area contributed by atoms with Crippen LogP contribution in [0.2, 0.25) is 0 Å². The van der Waals surface area contributed by atoms with Gasteiger partial charge in [0.25, 0.3) is 20.1 Å². The van der Waals surface area contributed by atoms with E-state index in [1.165, 1.54) is 13.8 Å². The first kappa shape index (κ1) is 18.7. The van der Waals surface area contributed by atoms with Crippen molar-refractivity contribution in [1.29, 1.82) is 0 Å². The van der Waals surface area contributed by atoms with Gasteiger partial charge in [0.15, 0.2) is 4.75 Å². The minimum Gasteiger partial charge on any atom is -0.285 e. The molecular weight excluding hydrogens is 328 g/mol. The van der Waals surface area contributed by atoms with Crippen LogP contribution < -0.4 is 0 Å². The van der Waals surface area contributed by atoms with Crippen molar-refractivity contribution >= 4 is 20.1 Å². The average molecular weight is 349 g/mol. The topological polar surface area (TPSA) is 91.8 Å². The molecule has 1 heterocycles. The lowest BCUT2D eigenvalue weighted by Crippen LogP contribution is -2.61. The molecule has 0 aromatic heterocycles. The van der Waals surface area contributed by atoms with Gasteiger partial charge in [-0.25, -0.2) is 8.42 Å². The lowest BCUT2D eigenvalue weighted by atomic mass is 10.0. The van der Waals surface area contributed by atoms with E-state index in [-0.39, 0.29) is 0 Å². The molecule has 2 atom stereocenters. The summed E-state index contributed by atoms with van der Waals surface area (Å²) in [5.74, 6) is 0. The molecule has 10 heteroatoms. The number of sulfonamides is 1. The van der Waals surface area contributed by atoms with E-state index < -0.39 is 42.2 Å². The fourth-order valence-electron chi connectivity index (χ4n) is 2.46. The maximum atomic E-state index is 14.4. The average Bonchev–Trinajstić information content (AvgIpc) is 2.26. The van der Waals surface area contributed by atoms with Crippen molar-refractivity contribution in [3.05, 3.63) is 0 Å². The molecule has 0 amide bonds. The van der Waals surface area contributed by atoms with Gasteiger partial charge in [-0.05, 0) is 40.5 Å². The fourth-order valence-corrected chi connectivity index (χ4v) is 5.44. The molecule has 0 saturated carbocycles. The van der Waals surface area contributed by atoms with Crippen molar-refractivity contribution in [2.45, 2.75) is 69.0 Å². The van der Waals surface area contributed by atoms with Gasteiger partial charge >= 0.3 is 5.25 Å². The highest BCUT2D eigenvalue weighted by atomic mass is 32.2. The highest BCUT2D eigenvalue weighted by Gasteiger charge is 2.66. The van der Waals surface area contributed by atoms with Gasteiger partial charge in [0, 0.05) is 12.1 Å². The van der Waals surface area contributed by atoms with Crippen LogP contribution in [0.25, 0.3) is 0 Å². The second-order valence-electron chi connectivity index (χ2n) is 5.97. The van der Waals surface area contributed by atoms with E-state index in [1.54, 1.807) is 0 Å². The second kappa shape index (κ2) is 5.39. The van der Waals surface area contributed by atoms with Gasteiger partial charge in [-0.2, -0.15) is 21.5 Å². The third-order valence-corrected chi connectivity index (χ3v) is 8.17. The largest absolute Gasteiger partial charge is 0.380 e. The van der Waals surface area contributed by atoms with Gasteiger partial charge < -0.3 is 0 Å². The Morgan fingerprint density at radius 3 is 1.76 bits per heavy atom. The molecule has 1 aliphatic heterocycles. The molecule has 0 aromatic carbocycles. The number of hydrogen-bond acceptors (Lipinski definition) is 4. The minimum absolute atomic E-state index is 0.423. The van der Waals surface area contributed by atoms with Gasteiger partial charge in [0.05, 0.1) is 0 Å². The van der Waals surface area contributed by atoms with Crippen LogP contribution in [0.15, 0.2) is 0 Å². The highest BCUT2D eigenvalue weighted by Crippen LogP contribution is 2.43. The molecule has 0 aromatic rings. The Morgan fingerprint density at radius 2 is 1.43 bits per heavy atom. The Balaban J connectivity index is 3.41. The summed E-state index contributed by atoms with van der Waals surface area (Å²) in [5, 5.41) is -4.65. The summed E-state index contributed by atoms with van der Waals surface area (Å²) in [6, 6.07) is -1.30. The first-order valence-corrected chi connectivity index (χ1v) is 9.44. The van der Waals surface area contributed by atoms with Crippen molar-refractivity contribution < 1.29 is 30.2 Å². The molecule has 1 rings (SSSR count). The van der Waals surface area contributed by atoms with Crippen LogP contribution in [0.4, 0.5) is 8.78 Å². The molecule has 1 saturated heterocycles. The van der Waals surface area contributed by atoms with Gasteiger partial charge in [-0.15, -0.1) is 0 Å². The Hall–Kier alpha value is -0.320. The second-order valence-corrected chi connectivity index (χ2v) is 9.82. The monoisotopic (exact) mass is 349 g/mol. The Labute approximate surface area is 124 Å². The molecular formula is C11H21F2NO5S2. The normalized spacial score (nSPS) is 26.8. The van der Waals surface area contributed by atoms with Gasteiger partial charge in [0.1, 0.15) is 0 Å². The van der Waals surface area contributed by atoms with Crippen LogP contribution in [-0.4, -0.2) is 47.8 Å². The number of hydrogen-bond donors (Lipinski definition) is 1.